The Balaban J connectivity index is 3.35. The van der Waals surface area contributed by atoms with Crippen LogP contribution in [0.25, 0.3) is 0 Å². The first-order valence-corrected chi connectivity index (χ1v) is 4.24. The Bertz CT molecular complexity index is 345. The van der Waals surface area contributed by atoms with Gasteiger partial charge in [0, 0.05) is 5.54 Å². The summed E-state index contributed by atoms with van der Waals surface area (Å²) in [5, 5.41) is 8.95. The summed E-state index contributed by atoms with van der Waals surface area (Å²) in [5.41, 5.74) is 5.68. The number of aliphatic hydroxyl groups is 1. The van der Waals surface area contributed by atoms with Crippen LogP contribution in [0.1, 0.15) is 25.0 Å². The molecule has 0 atom stereocenters. The Morgan fingerprint density at radius 2 is 1.79 bits per heavy atom. The molecule has 1 aromatic carbocycles. The summed E-state index contributed by atoms with van der Waals surface area (Å²) in [6.07, 6.45) is 0. The zero-order valence-electron chi connectivity index (χ0n) is 8.14. The molecule has 0 unspecified atom stereocenters. The predicted octanol–water partition coefficient (Wildman–Crippen LogP) is 1.65. The SMILES string of the molecule is CC(C)(N)c1cc(F)c(F)cc1CO. The fraction of sp³-hybridized carbons (Fsp3) is 0.400. The fourth-order valence-electron chi connectivity index (χ4n) is 1.32. The van der Waals surface area contributed by atoms with Gasteiger partial charge in [-0.2, -0.15) is 0 Å². The van der Waals surface area contributed by atoms with Crippen molar-refractivity contribution < 1.29 is 13.9 Å². The molecule has 3 N–H and O–H groups in total. The molecular weight excluding hydrogens is 188 g/mol. The zero-order chi connectivity index (χ0) is 10.9. The van der Waals surface area contributed by atoms with Crippen molar-refractivity contribution in [2.24, 2.45) is 5.73 Å². The summed E-state index contributed by atoms with van der Waals surface area (Å²) in [6, 6.07) is 2.00. The minimum absolute atomic E-state index is 0.316. The summed E-state index contributed by atoms with van der Waals surface area (Å²) in [4.78, 5) is 0. The maximum atomic E-state index is 12.9. The van der Waals surface area contributed by atoms with Crippen molar-refractivity contribution in [3.8, 4) is 0 Å². The van der Waals surface area contributed by atoms with Crippen molar-refractivity contribution in [3.05, 3.63) is 34.9 Å². The lowest BCUT2D eigenvalue weighted by Crippen LogP contribution is -2.30. The third-order valence-corrected chi connectivity index (χ3v) is 2.01. The lowest BCUT2D eigenvalue weighted by Gasteiger charge is -2.22. The highest BCUT2D eigenvalue weighted by Gasteiger charge is 2.20. The second-order valence-corrected chi connectivity index (χ2v) is 3.80. The van der Waals surface area contributed by atoms with Crippen molar-refractivity contribution in [2.75, 3.05) is 0 Å². The molecule has 0 saturated heterocycles. The van der Waals surface area contributed by atoms with E-state index in [1.807, 2.05) is 0 Å². The molecule has 0 fully saturated rings. The molecule has 1 rings (SSSR count). The van der Waals surface area contributed by atoms with E-state index >= 15 is 0 Å². The van der Waals surface area contributed by atoms with Gasteiger partial charge < -0.3 is 10.8 Å². The second-order valence-electron chi connectivity index (χ2n) is 3.80. The van der Waals surface area contributed by atoms with E-state index < -0.39 is 17.2 Å². The topological polar surface area (TPSA) is 46.2 Å². The summed E-state index contributed by atoms with van der Waals surface area (Å²) in [5.74, 6) is -1.92. The van der Waals surface area contributed by atoms with E-state index in [2.05, 4.69) is 0 Å². The van der Waals surface area contributed by atoms with Crippen LogP contribution in [-0.2, 0) is 12.1 Å². The van der Waals surface area contributed by atoms with Gasteiger partial charge in [-0.1, -0.05) is 0 Å². The maximum Gasteiger partial charge on any atom is 0.159 e. The number of hydrogen-bond donors (Lipinski definition) is 2. The third kappa shape index (κ3) is 2.08. The number of halogens is 2. The average Bonchev–Trinajstić information content (AvgIpc) is 2.07. The van der Waals surface area contributed by atoms with Gasteiger partial charge in [0.15, 0.2) is 11.6 Å². The largest absolute Gasteiger partial charge is 0.392 e. The van der Waals surface area contributed by atoms with Gasteiger partial charge in [-0.15, -0.1) is 0 Å². The summed E-state index contributed by atoms with van der Waals surface area (Å²) < 4.78 is 25.7. The Hall–Kier alpha value is -1.00. The standard InChI is InChI=1S/C10H13F2NO/c1-10(2,13)7-4-9(12)8(11)3-6(7)5-14/h3-4,14H,5,13H2,1-2H3. The van der Waals surface area contributed by atoms with Crippen molar-refractivity contribution in [1.29, 1.82) is 0 Å². The van der Waals surface area contributed by atoms with E-state index in [-0.39, 0.29) is 6.61 Å². The highest BCUT2D eigenvalue weighted by atomic mass is 19.2. The van der Waals surface area contributed by atoms with E-state index in [0.29, 0.717) is 11.1 Å². The maximum absolute atomic E-state index is 12.9. The van der Waals surface area contributed by atoms with Crippen molar-refractivity contribution >= 4 is 0 Å². The van der Waals surface area contributed by atoms with Crippen LogP contribution in [-0.4, -0.2) is 5.11 Å². The predicted molar refractivity (Wildman–Crippen MR) is 49.5 cm³/mol. The molecule has 1 aromatic rings. The fourth-order valence-corrected chi connectivity index (χ4v) is 1.32. The van der Waals surface area contributed by atoms with Gasteiger partial charge in [0.2, 0.25) is 0 Å². The van der Waals surface area contributed by atoms with Crippen LogP contribution >= 0.6 is 0 Å². The van der Waals surface area contributed by atoms with Crippen molar-refractivity contribution in [2.45, 2.75) is 26.0 Å². The molecule has 0 radical (unpaired) electrons. The first-order valence-electron chi connectivity index (χ1n) is 4.24. The van der Waals surface area contributed by atoms with Gasteiger partial charge in [-0.25, -0.2) is 8.78 Å². The van der Waals surface area contributed by atoms with Crippen LogP contribution in [0.5, 0.6) is 0 Å². The lowest BCUT2D eigenvalue weighted by molar-refractivity contribution is 0.277. The molecule has 0 bridgehead atoms. The second kappa shape index (κ2) is 3.63. The molecular formula is C10H13F2NO. The van der Waals surface area contributed by atoms with Gasteiger partial charge in [-0.05, 0) is 37.1 Å². The van der Waals surface area contributed by atoms with E-state index in [1.165, 1.54) is 0 Å². The van der Waals surface area contributed by atoms with Gasteiger partial charge in [0.05, 0.1) is 6.61 Å². The molecule has 78 valence electrons. The lowest BCUT2D eigenvalue weighted by atomic mass is 9.91. The monoisotopic (exact) mass is 201 g/mol. The molecule has 0 aliphatic carbocycles. The number of hydrogen-bond acceptors (Lipinski definition) is 2. The smallest absolute Gasteiger partial charge is 0.159 e. The van der Waals surface area contributed by atoms with Gasteiger partial charge in [0.25, 0.3) is 0 Å². The van der Waals surface area contributed by atoms with Crippen molar-refractivity contribution in [1.82, 2.24) is 0 Å². The number of nitrogens with two attached hydrogens (primary N) is 1. The Kier molecular flexibility index (Phi) is 2.87. The van der Waals surface area contributed by atoms with Crippen LogP contribution < -0.4 is 5.73 Å². The molecule has 0 amide bonds. The number of benzene rings is 1. The van der Waals surface area contributed by atoms with Crippen LogP contribution in [0.15, 0.2) is 12.1 Å². The van der Waals surface area contributed by atoms with Crippen LogP contribution in [0.4, 0.5) is 8.78 Å². The van der Waals surface area contributed by atoms with E-state index in [0.717, 1.165) is 12.1 Å². The van der Waals surface area contributed by atoms with Crippen molar-refractivity contribution in [3.63, 3.8) is 0 Å². The number of aliphatic hydroxyl groups excluding tert-OH is 1. The van der Waals surface area contributed by atoms with Gasteiger partial charge in [-0.3, -0.25) is 0 Å². The zero-order valence-corrected chi connectivity index (χ0v) is 8.14. The quantitative estimate of drug-likeness (QED) is 0.764. The first-order chi connectivity index (χ1) is 6.36. The minimum atomic E-state index is -0.970. The molecule has 0 spiro atoms. The van der Waals surface area contributed by atoms with Gasteiger partial charge >= 0.3 is 0 Å². The molecule has 0 heterocycles. The third-order valence-electron chi connectivity index (χ3n) is 2.01. The molecule has 0 saturated carbocycles. The van der Waals surface area contributed by atoms with Crippen LogP contribution in [0, 0.1) is 11.6 Å². The Morgan fingerprint density at radius 1 is 1.29 bits per heavy atom. The van der Waals surface area contributed by atoms with Gasteiger partial charge in [0.1, 0.15) is 0 Å². The van der Waals surface area contributed by atoms with Crippen LogP contribution in [0.3, 0.4) is 0 Å². The summed E-state index contributed by atoms with van der Waals surface area (Å²) in [7, 11) is 0. The summed E-state index contributed by atoms with van der Waals surface area (Å²) in [6.45, 7) is 2.98. The normalized spacial score (nSPS) is 11.9. The van der Waals surface area contributed by atoms with E-state index in [9.17, 15) is 8.78 Å². The first kappa shape index (κ1) is 11.1. The molecule has 14 heavy (non-hydrogen) atoms. The highest BCUT2D eigenvalue weighted by Crippen LogP contribution is 2.24. The Labute approximate surface area is 81.4 Å². The molecule has 2 nitrogen and oxygen atoms in total. The van der Waals surface area contributed by atoms with E-state index in [4.69, 9.17) is 10.8 Å². The summed E-state index contributed by atoms with van der Waals surface area (Å²) >= 11 is 0. The minimum Gasteiger partial charge on any atom is -0.392 e. The average molecular weight is 201 g/mol. The highest BCUT2D eigenvalue weighted by molar-refractivity contribution is 5.33. The molecule has 0 aliphatic heterocycles. The molecule has 0 aromatic heterocycles. The molecule has 4 heteroatoms. The Morgan fingerprint density at radius 3 is 2.21 bits per heavy atom. The number of rotatable bonds is 2. The molecule has 0 aliphatic rings. The van der Waals surface area contributed by atoms with Crippen LogP contribution in [0.2, 0.25) is 0 Å². The van der Waals surface area contributed by atoms with E-state index in [1.54, 1.807) is 13.8 Å².